The van der Waals surface area contributed by atoms with Crippen molar-refractivity contribution in [2.75, 3.05) is 11.9 Å². The Hall–Kier alpha value is -1.93. The van der Waals surface area contributed by atoms with E-state index >= 15 is 0 Å². The maximum absolute atomic E-state index is 11.8. The molecule has 2 aromatic rings. The highest BCUT2D eigenvalue weighted by atomic mass is 79.9. The van der Waals surface area contributed by atoms with Crippen LogP contribution < -0.4 is 10.1 Å². The molecule has 0 unspecified atom stereocenters. The summed E-state index contributed by atoms with van der Waals surface area (Å²) in [5, 5.41) is 11.8. The van der Waals surface area contributed by atoms with Crippen LogP contribution in [-0.2, 0) is 4.79 Å². The summed E-state index contributed by atoms with van der Waals surface area (Å²) in [5.41, 5.74) is 0.383. The molecule has 2 N–H and O–H groups in total. The maximum atomic E-state index is 11.8. The molecule has 0 bridgehead atoms. The van der Waals surface area contributed by atoms with Crippen LogP contribution in [0.3, 0.4) is 0 Å². The number of hydrogen-bond acceptors (Lipinski definition) is 5. The number of aromatic nitrogens is 1. The minimum atomic E-state index is -1.12. The Morgan fingerprint density at radius 2 is 2.05 bits per heavy atom. The average molecular weight is 371 g/mol. The third-order valence-corrected chi connectivity index (χ3v) is 3.90. The zero-order chi connectivity index (χ0) is 15.4. The van der Waals surface area contributed by atoms with Gasteiger partial charge in [0.2, 0.25) is 0 Å². The first-order valence-corrected chi connectivity index (χ1v) is 7.42. The Balaban J connectivity index is 1.96. The number of aryl methyl sites for hydroxylation is 1. The van der Waals surface area contributed by atoms with Crippen LogP contribution in [0.25, 0.3) is 0 Å². The van der Waals surface area contributed by atoms with Gasteiger partial charge in [-0.05, 0) is 42.7 Å². The standard InChI is InChI=1S/C13H11BrN2O4S/c1-7-11(13(18)19)12(21-16-7)15-10(17)6-20-9-4-2-8(14)3-5-9/h2-5H,6H2,1H3,(H,15,17)(H,18,19). The number of nitrogens with zero attached hydrogens (tertiary/aromatic N) is 1. The van der Waals surface area contributed by atoms with Gasteiger partial charge in [0.15, 0.2) is 6.61 Å². The second kappa shape index (κ2) is 6.68. The first-order valence-electron chi connectivity index (χ1n) is 5.85. The van der Waals surface area contributed by atoms with Gasteiger partial charge in [-0.3, -0.25) is 4.79 Å². The molecule has 8 heteroatoms. The van der Waals surface area contributed by atoms with Crippen LogP contribution in [0, 0.1) is 6.92 Å². The van der Waals surface area contributed by atoms with Gasteiger partial charge < -0.3 is 15.2 Å². The largest absolute Gasteiger partial charge is 0.484 e. The van der Waals surface area contributed by atoms with Gasteiger partial charge in [-0.2, -0.15) is 4.37 Å². The smallest absolute Gasteiger partial charge is 0.340 e. The van der Waals surface area contributed by atoms with Crippen molar-refractivity contribution in [1.29, 1.82) is 0 Å². The number of nitrogens with one attached hydrogen (secondary N) is 1. The Labute approximate surface area is 133 Å². The van der Waals surface area contributed by atoms with Crippen LogP contribution in [0.1, 0.15) is 16.1 Å². The molecule has 110 valence electrons. The number of ether oxygens (including phenoxy) is 1. The Kier molecular flexibility index (Phi) is 4.92. The van der Waals surface area contributed by atoms with Gasteiger partial charge in [-0.25, -0.2) is 4.79 Å². The first-order chi connectivity index (χ1) is 9.97. The van der Waals surface area contributed by atoms with E-state index in [4.69, 9.17) is 9.84 Å². The summed E-state index contributed by atoms with van der Waals surface area (Å²) in [6.45, 7) is 1.37. The summed E-state index contributed by atoms with van der Waals surface area (Å²) in [6.07, 6.45) is 0. The van der Waals surface area contributed by atoms with Crippen LogP contribution in [0.15, 0.2) is 28.7 Å². The molecular weight excluding hydrogens is 360 g/mol. The predicted molar refractivity (Wildman–Crippen MR) is 82.1 cm³/mol. The predicted octanol–water partition coefficient (Wildman–Crippen LogP) is 2.93. The Morgan fingerprint density at radius 1 is 1.38 bits per heavy atom. The number of rotatable bonds is 5. The minimum Gasteiger partial charge on any atom is -0.484 e. The number of anilines is 1. The quantitative estimate of drug-likeness (QED) is 0.844. The molecule has 2 rings (SSSR count). The van der Waals surface area contributed by atoms with Gasteiger partial charge in [0.05, 0.1) is 5.69 Å². The highest BCUT2D eigenvalue weighted by Gasteiger charge is 2.19. The van der Waals surface area contributed by atoms with E-state index in [1.54, 1.807) is 31.2 Å². The van der Waals surface area contributed by atoms with Crippen molar-refractivity contribution >= 4 is 44.3 Å². The molecule has 6 nitrogen and oxygen atoms in total. The van der Waals surface area contributed by atoms with E-state index in [9.17, 15) is 9.59 Å². The zero-order valence-corrected chi connectivity index (χ0v) is 13.3. The fourth-order valence-electron chi connectivity index (χ4n) is 1.55. The monoisotopic (exact) mass is 370 g/mol. The molecule has 0 aliphatic carbocycles. The third kappa shape index (κ3) is 4.02. The topological polar surface area (TPSA) is 88.5 Å². The van der Waals surface area contributed by atoms with Crippen LogP contribution in [0.5, 0.6) is 5.75 Å². The minimum absolute atomic E-state index is 0.0111. The van der Waals surface area contributed by atoms with E-state index in [1.807, 2.05) is 0 Å². The summed E-state index contributed by atoms with van der Waals surface area (Å²) in [5.74, 6) is -1.01. The van der Waals surface area contributed by atoms with E-state index in [2.05, 4.69) is 25.6 Å². The fourth-order valence-corrected chi connectivity index (χ4v) is 2.62. The number of carboxylic acid groups (broad SMARTS) is 1. The van der Waals surface area contributed by atoms with Crippen molar-refractivity contribution < 1.29 is 19.4 Å². The first kappa shape index (κ1) is 15.5. The summed E-state index contributed by atoms with van der Waals surface area (Å²) in [7, 11) is 0. The van der Waals surface area contributed by atoms with Crippen LogP contribution >= 0.6 is 27.5 Å². The molecule has 0 aliphatic heterocycles. The van der Waals surface area contributed by atoms with E-state index in [-0.39, 0.29) is 17.2 Å². The van der Waals surface area contributed by atoms with Crippen LogP contribution in [0.2, 0.25) is 0 Å². The second-order valence-electron chi connectivity index (χ2n) is 4.07. The Bertz CT molecular complexity index is 669. The van der Waals surface area contributed by atoms with E-state index in [0.29, 0.717) is 11.4 Å². The van der Waals surface area contributed by atoms with E-state index < -0.39 is 11.9 Å². The van der Waals surface area contributed by atoms with Crippen molar-refractivity contribution in [3.8, 4) is 5.75 Å². The van der Waals surface area contributed by atoms with Gasteiger partial charge in [0.1, 0.15) is 16.3 Å². The van der Waals surface area contributed by atoms with Crippen molar-refractivity contribution in [2.24, 2.45) is 0 Å². The number of halogens is 1. The summed E-state index contributed by atoms with van der Waals surface area (Å²) < 4.78 is 10.1. The molecule has 1 aromatic heterocycles. The summed E-state index contributed by atoms with van der Waals surface area (Å²) in [4.78, 5) is 22.9. The lowest BCUT2D eigenvalue weighted by Crippen LogP contribution is -2.20. The number of carbonyl (C=O) groups excluding carboxylic acids is 1. The average Bonchev–Trinajstić information content (AvgIpc) is 2.79. The molecule has 1 heterocycles. The van der Waals surface area contributed by atoms with Gasteiger partial charge in [-0.15, -0.1) is 0 Å². The molecule has 0 saturated carbocycles. The SMILES string of the molecule is Cc1nsc(NC(=O)COc2ccc(Br)cc2)c1C(=O)O. The van der Waals surface area contributed by atoms with E-state index in [1.165, 1.54) is 0 Å². The Morgan fingerprint density at radius 3 is 2.67 bits per heavy atom. The molecule has 0 aliphatic rings. The molecule has 0 atom stereocenters. The number of hydrogen-bond donors (Lipinski definition) is 2. The van der Waals surface area contributed by atoms with Gasteiger partial charge >= 0.3 is 5.97 Å². The highest BCUT2D eigenvalue weighted by Crippen LogP contribution is 2.24. The molecule has 1 aromatic carbocycles. The number of carbonyl (C=O) groups is 2. The number of amides is 1. The highest BCUT2D eigenvalue weighted by molar-refractivity contribution is 9.10. The lowest BCUT2D eigenvalue weighted by atomic mass is 10.2. The van der Waals surface area contributed by atoms with Crippen LogP contribution in [-0.4, -0.2) is 28.0 Å². The fraction of sp³-hybridized carbons (Fsp3) is 0.154. The molecule has 0 saturated heterocycles. The number of benzene rings is 1. The lowest BCUT2D eigenvalue weighted by molar-refractivity contribution is -0.118. The molecule has 0 radical (unpaired) electrons. The van der Waals surface area contributed by atoms with Crippen molar-refractivity contribution in [3.05, 3.63) is 40.0 Å². The van der Waals surface area contributed by atoms with Crippen molar-refractivity contribution in [2.45, 2.75) is 6.92 Å². The van der Waals surface area contributed by atoms with Crippen molar-refractivity contribution in [3.63, 3.8) is 0 Å². The molecule has 0 spiro atoms. The number of carboxylic acids is 1. The van der Waals surface area contributed by atoms with Gasteiger partial charge in [0.25, 0.3) is 5.91 Å². The van der Waals surface area contributed by atoms with Crippen molar-refractivity contribution in [1.82, 2.24) is 4.37 Å². The second-order valence-corrected chi connectivity index (χ2v) is 5.76. The van der Waals surface area contributed by atoms with E-state index in [0.717, 1.165) is 16.0 Å². The summed E-state index contributed by atoms with van der Waals surface area (Å²) >= 11 is 4.23. The maximum Gasteiger partial charge on any atom is 0.340 e. The molecule has 0 fully saturated rings. The number of aromatic carboxylic acids is 1. The summed E-state index contributed by atoms with van der Waals surface area (Å²) in [6, 6.07) is 7.03. The normalized spacial score (nSPS) is 10.2. The van der Waals surface area contributed by atoms with Gasteiger partial charge in [-0.1, -0.05) is 15.9 Å². The third-order valence-electron chi connectivity index (χ3n) is 2.51. The van der Waals surface area contributed by atoms with Crippen LogP contribution in [0.4, 0.5) is 5.00 Å². The van der Waals surface area contributed by atoms with Gasteiger partial charge in [0, 0.05) is 4.47 Å². The molecule has 21 heavy (non-hydrogen) atoms. The molecular formula is C13H11BrN2O4S. The lowest BCUT2D eigenvalue weighted by Gasteiger charge is -2.06. The zero-order valence-electron chi connectivity index (χ0n) is 10.9. The molecule has 1 amide bonds.